The van der Waals surface area contributed by atoms with Gasteiger partial charge in [-0.25, -0.2) is 9.59 Å². The Hall–Kier alpha value is -1.51. The zero-order valence-electron chi connectivity index (χ0n) is 12.0. The van der Waals surface area contributed by atoms with E-state index in [2.05, 4.69) is 9.47 Å². The summed E-state index contributed by atoms with van der Waals surface area (Å²) in [5.41, 5.74) is 0. The molecule has 0 aromatic heterocycles. The summed E-state index contributed by atoms with van der Waals surface area (Å²) in [6.07, 6.45) is -4.58. The van der Waals surface area contributed by atoms with Crippen molar-refractivity contribution in [1.82, 2.24) is 0 Å². The number of hydrogen-bond acceptors (Lipinski definition) is 8. The lowest BCUT2D eigenvalue weighted by Gasteiger charge is -2.14. The number of carbonyl (C=O) groups excluding carboxylic acids is 3. The summed E-state index contributed by atoms with van der Waals surface area (Å²) in [5.74, 6) is -2.28. The quantitative estimate of drug-likeness (QED) is 0.520. The van der Waals surface area contributed by atoms with Gasteiger partial charge in [-0.05, 0) is 27.7 Å². The van der Waals surface area contributed by atoms with Crippen molar-refractivity contribution in [2.75, 3.05) is 13.2 Å². The maximum absolute atomic E-state index is 10.9. The largest absolute Gasteiger partial charge is 0.464 e. The van der Waals surface area contributed by atoms with Gasteiger partial charge in [0.1, 0.15) is 6.10 Å². The summed E-state index contributed by atoms with van der Waals surface area (Å²) in [4.78, 5) is 31.6. The van der Waals surface area contributed by atoms with Crippen LogP contribution in [-0.2, 0) is 23.9 Å². The minimum atomic E-state index is -1.89. The minimum Gasteiger partial charge on any atom is -0.464 e. The molecule has 0 spiro atoms. The Morgan fingerprint density at radius 3 is 1.30 bits per heavy atom. The molecule has 118 valence electrons. The van der Waals surface area contributed by atoms with E-state index in [1.54, 1.807) is 13.8 Å². The lowest BCUT2D eigenvalue weighted by atomic mass is 10.2. The van der Waals surface area contributed by atoms with Gasteiger partial charge in [0, 0.05) is 0 Å². The fourth-order valence-corrected chi connectivity index (χ4v) is 0.713. The molecule has 3 unspecified atom stereocenters. The first-order valence-electron chi connectivity index (χ1n) is 6.06. The third-order valence-corrected chi connectivity index (χ3v) is 1.94. The number of Topliss-reactive ketones (excluding diaryl/α,β-unsaturated/α-hetero) is 1. The monoisotopic (exact) mass is 294 g/mol. The zero-order chi connectivity index (χ0) is 16.3. The van der Waals surface area contributed by atoms with E-state index >= 15 is 0 Å². The topological polar surface area (TPSA) is 130 Å². The van der Waals surface area contributed by atoms with Gasteiger partial charge in [0.05, 0.1) is 13.2 Å². The molecule has 8 nitrogen and oxygen atoms in total. The van der Waals surface area contributed by atoms with E-state index in [-0.39, 0.29) is 19.0 Å². The highest BCUT2D eigenvalue weighted by Gasteiger charge is 2.32. The maximum atomic E-state index is 10.9. The molecule has 0 fully saturated rings. The molecule has 0 amide bonds. The van der Waals surface area contributed by atoms with Gasteiger partial charge in [0.25, 0.3) is 0 Å². The second kappa shape index (κ2) is 11.3. The van der Waals surface area contributed by atoms with Gasteiger partial charge in [-0.2, -0.15) is 0 Å². The number of rotatable bonds is 6. The molecule has 0 saturated carbocycles. The molecule has 0 bridgehead atoms. The van der Waals surface area contributed by atoms with Gasteiger partial charge in [0.15, 0.2) is 18.0 Å². The third-order valence-electron chi connectivity index (χ3n) is 1.94. The Labute approximate surface area is 117 Å². The highest BCUT2D eigenvalue weighted by molar-refractivity contribution is 5.85. The number of carbonyl (C=O) groups is 3. The van der Waals surface area contributed by atoms with Gasteiger partial charge in [-0.15, -0.1) is 0 Å². The van der Waals surface area contributed by atoms with Crippen LogP contribution in [0, 0.1) is 0 Å². The summed E-state index contributed by atoms with van der Waals surface area (Å²) >= 11 is 0. The molecule has 0 aliphatic carbocycles. The number of aliphatic hydroxyl groups is 3. The molecule has 3 atom stereocenters. The molecular formula is C12H22O8. The van der Waals surface area contributed by atoms with Crippen molar-refractivity contribution in [2.24, 2.45) is 0 Å². The van der Waals surface area contributed by atoms with E-state index in [1.807, 2.05) is 0 Å². The van der Waals surface area contributed by atoms with Crippen LogP contribution in [0.2, 0.25) is 0 Å². The number of hydrogen-bond donors (Lipinski definition) is 3. The SMILES string of the molecule is CC(=O)C(C)O.CCOC(=O)C(O)C(O)C(=O)OCC. The van der Waals surface area contributed by atoms with Crippen LogP contribution in [-0.4, -0.2) is 64.6 Å². The molecule has 20 heavy (non-hydrogen) atoms. The standard InChI is InChI=1S/C8H14O6.C4H8O2/c1-3-13-7(11)5(9)6(10)8(12)14-4-2;1-3(5)4(2)6/h5-6,9-10H,3-4H2,1-2H3;3,5H,1-2H3. The summed E-state index contributed by atoms with van der Waals surface area (Å²) in [6, 6.07) is 0. The molecule has 3 N–H and O–H groups in total. The van der Waals surface area contributed by atoms with Crippen molar-refractivity contribution in [1.29, 1.82) is 0 Å². The second-order valence-corrected chi connectivity index (χ2v) is 3.68. The van der Waals surface area contributed by atoms with Crippen LogP contribution in [0.15, 0.2) is 0 Å². The molecule has 0 aromatic rings. The van der Waals surface area contributed by atoms with Gasteiger partial charge in [-0.3, -0.25) is 4.79 Å². The predicted octanol–water partition coefficient (Wildman–Crippen LogP) is -1.21. The highest BCUT2D eigenvalue weighted by atomic mass is 16.6. The van der Waals surface area contributed by atoms with Crippen LogP contribution in [0.3, 0.4) is 0 Å². The van der Waals surface area contributed by atoms with E-state index in [9.17, 15) is 14.4 Å². The normalized spacial score (nSPS) is 14.2. The van der Waals surface area contributed by atoms with Crippen molar-refractivity contribution in [3.05, 3.63) is 0 Å². The smallest absolute Gasteiger partial charge is 0.338 e. The van der Waals surface area contributed by atoms with Crippen LogP contribution < -0.4 is 0 Å². The van der Waals surface area contributed by atoms with Crippen LogP contribution in [0.4, 0.5) is 0 Å². The fourth-order valence-electron chi connectivity index (χ4n) is 0.713. The van der Waals surface area contributed by atoms with Crippen LogP contribution >= 0.6 is 0 Å². The molecule has 0 aliphatic rings. The summed E-state index contributed by atoms with van der Waals surface area (Å²) in [5, 5.41) is 26.5. The molecule has 0 radical (unpaired) electrons. The van der Waals surface area contributed by atoms with Crippen LogP contribution in [0.1, 0.15) is 27.7 Å². The third kappa shape index (κ3) is 9.42. The molecule has 0 saturated heterocycles. The summed E-state index contributed by atoms with van der Waals surface area (Å²) in [6.45, 7) is 6.01. The average molecular weight is 294 g/mol. The van der Waals surface area contributed by atoms with E-state index in [4.69, 9.17) is 15.3 Å². The number of ketones is 1. The van der Waals surface area contributed by atoms with Crippen molar-refractivity contribution < 1.29 is 39.2 Å². The van der Waals surface area contributed by atoms with Gasteiger partial charge in [-0.1, -0.05) is 0 Å². The molecule has 0 rings (SSSR count). The Balaban J connectivity index is 0. The number of aliphatic hydroxyl groups excluding tert-OH is 3. The van der Waals surface area contributed by atoms with Crippen molar-refractivity contribution in [3.63, 3.8) is 0 Å². The van der Waals surface area contributed by atoms with Crippen molar-refractivity contribution in [3.8, 4) is 0 Å². The van der Waals surface area contributed by atoms with Crippen LogP contribution in [0.25, 0.3) is 0 Å². The Morgan fingerprint density at radius 2 is 1.15 bits per heavy atom. The zero-order valence-corrected chi connectivity index (χ0v) is 12.0. The summed E-state index contributed by atoms with van der Waals surface area (Å²) < 4.78 is 8.79. The van der Waals surface area contributed by atoms with E-state index < -0.39 is 30.3 Å². The highest BCUT2D eigenvalue weighted by Crippen LogP contribution is 1.99. The molecular weight excluding hydrogens is 272 g/mol. The van der Waals surface area contributed by atoms with E-state index in [0.29, 0.717) is 0 Å². The van der Waals surface area contributed by atoms with Gasteiger partial charge >= 0.3 is 11.9 Å². The number of ether oxygens (including phenoxy) is 2. The fraction of sp³-hybridized carbons (Fsp3) is 0.750. The first kappa shape index (κ1) is 20.8. The lowest BCUT2D eigenvalue weighted by Crippen LogP contribution is -2.41. The second-order valence-electron chi connectivity index (χ2n) is 3.68. The Bertz CT molecular complexity index is 291. The van der Waals surface area contributed by atoms with E-state index in [1.165, 1.54) is 13.8 Å². The predicted molar refractivity (Wildman–Crippen MR) is 67.6 cm³/mol. The van der Waals surface area contributed by atoms with E-state index in [0.717, 1.165) is 0 Å². The first-order valence-corrected chi connectivity index (χ1v) is 6.06. The maximum Gasteiger partial charge on any atom is 0.338 e. The minimum absolute atomic E-state index is 0.0610. The van der Waals surface area contributed by atoms with Crippen molar-refractivity contribution >= 4 is 17.7 Å². The first-order chi connectivity index (χ1) is 9.18. The summed E-state index contributed by atoms with van der Waals surface area (Å²) in [7, 11) is 0. The molecule has 8 heteroatoms. The van der Waals surface area contributed by atoms with Crippen molar-refractivity contribution in [2.45, 2.75) is 46.0 Å². The van der Waals surface area contributed by atoms with Crippen LogP contribution in [0.5, 0.6) is 0 Å². The molecule has 0 heterocycles. The molecule has 0 aliphatic heterocycles. The number of esters is 2. The van der Waals surface area contributed by atoms with Gasteiger partial charge < -0.3 is 24.8 Å². The molecule has 0 aromatic carbocycles. The Kier molecular flexibility index (Phi) is 11.8. The lowest BCUT2D eigenvalue weighted by molar-refractivity contribution is -0.172. The Morgan fingerprint density at radius 1 is 0.900 bits per heavy atom. The average Bonchev–Trinajstić information content (AvgIpc) is 2.38. The van der Waals surface area contributed by atoms with Gasteiger partial charge in [0.2, 0.25) is 0 Å².